The third-order valence-corrected chi connectivity index (χ3v) is 0.896. The molecule has 0 unspecified atom stereocenters. The van der Waals surface area contributed by atoms with Crippen LogP contribution < -0.4 is 0 Å². The highest BCUT2D eigenvalue weighted by atomic mass is 35.5. The van der Waals surface area contributed by atoms with E-state index in [4.69, 9.17) is 23.6 Å². The number of hydrogen-bond acceptors (Lipinski definition) is 2. The largest absolute Gasteiger partial charge is 0.256 e. The van der Waals surface area contributed by atoms with Crippen LogP contribution in [0.3, 0.4) is 0 Å². The molecule has 1 aliphatic rings. The molecule has 0 aromatic heterocycles. The second-order valence-corrected chi connectivity index (χ2v) is 1.75. The van der Waals surface area contributed by atoms with Gasteiger partial charge in [-0.25, -0.2) is 0 Å². The van der Waals surface area contributed by atoms with E-state index in [1.54, 1.807) is 12.4 Å². The van der Waals surface area contributed by atoms with Gasteiger partial charge in [0.15, 0.2) is 0 Å². The first-order valence-electron chi connectivity index (χ1n) is 1.64. The number of halogens is 2. The number of hydrogen-bond donors (Lipinski definition) is 0. The summed E-state index contributed by atoms with van der Waals surface area (Å²) in [5.74, 6) is 0. The number of rotatable bonds is 0. The minimum Gasteiger partial charge on any atom is -0.256 e. The Kier molecular flexibility index (Phi) is 1.30. The van der Waals surface area contributed by atoms with Gasteiger partial charge >= 0.3 is 0 Å². The maximum Gasteiger partial charge on any atom is 0.239 e. The van der Waals surface area contributed by atoms with Crippen molar-refractivity contribution >= 4 is 23.6 Å². The summed E-state index contributed by atoms with van der Waals surface area (Å²) >= 11 is 10.6. The fourth-order valence-electron chi connectivity index (χ4n) is 0.275. The Morgan fingerprint density at radius 1 is 1.14 bits per heavy atom. The van der Waals surface area contributed by atoms with Crippen LogP contribution in [0.2, 0.25) is 0 Å². The van der Waals surface area contributed by atoms with E-state index < -0.39 is 0 Å². The molecular weight excluding hydrogens is 135 g/mol. The molecule has 0 spiro atoms. The molecule has 0 N–H and O–H groups in total. The molecular formula is C3H2Cl2N2. The Morgan fingerprint density at radius 3 is 1.71 bits per heavy atom. The van der Waals surface area contributed by atoms with E-state index in [0.717, 1.165) is 0 Å². The van der Waals surface area contributed by atoms with Crippen LogP contribution in [0.5, 0.6) is 0 Å². The fourth-order valence-corrected chi connectivity index (χ4v) is 0.577. The lowest BCUT2D eigenvalue weighted by atomic mass is 11.0. The van der Waals surface area contributed by atoms with Gasteiger partial charge in [0, 0.05) is 36.0 Å². The molecule has 1 rings (SSSR count). The molecule has 4 heteroatoms. The van der Waals surface area contributed by atoms with Gasteiger partial charge in [-0.3, -0.25) is 8.84 Å². The molecule has 2 radical (unpaired) electrons. The van der Waals surface area contributed by atoms with Crippen LogP contribution in [-0.4, -0.2) is 8.84 Å². The molecule has 0 bridgehead atoms. The lowest BCUT2D eigenvalue weighted by Crippen LogP contribution is -2.00. The SMILES string of the molecule is ClN1[C]N(Cl)C=C1. The third-order valence-electron chi connectivity index (χ3n) is 0.519. The molecule has 0 amide bonds. The van der Waals surface area contributed by atoms with Crippen LogP contribution >= 0.6 is 23.6 Å². The average Bonchev–Trinajstić information content (AvgIpc) is 1.87. The van der Waals surface area contributed by atoms with Crippen LogP contribution in [-0.2, 0) is 0 Å². The zero-order valence-corrected chi connectivity index (χ0v) is 4.82. The van der Waals surface area contributed by atoms with Crippen molar-refractivity contribution in [2.75, 3.05) is 0 Å². The number of nitrogens with zero attached hydrogens (tertiary/aromatic N) is 2. The standard InChI is InChI=1S/C3H2Cl2N2/c4-6-1-2-7(5)3-6/h1-2H. The third kappa shape index (κ3) is 1.14. The molecule has 0 aliphatic carbocycles. The molecule has 38 valence electrons. The van der Waals surface area contributed by atoms with Crippen molar-refractivity contribution in [1.29, 1.82) is 0 Å². The van der Waals surface area contributed by atoms with Gasteiger partial charge in [0.25, 0.3) is 0 Å². The van der Waals surface area contributed by atoms with E-state index in [1.165, 1.54) is 8.84 Å². The smallest absolute Gasteiger partial charge is 0.239 e. The molecule has 2 nitrogen and oxygen atoms in total. The van der Waals surface area contributed by atoms with Crippen molar-refractivity contribution in [3.63, 3.8) is 0 Å². The Morgan fingerprint density at radius 2 is 1.57 bits per heavy atom. The summed E-state index contributed by atoms with van der Waals surface area (Å²) in [4.78, 5) is 0. The molecule has 0 saturated heterocycles. The second-order valence-electron chi connectivity index (χ2n) is 1.02. The molecule has 0 aromatic rings. The van der Waals surface area contributed by atoms with E-state index in [0.29, 0.717) is 0 Å². The van der Waals surface area contributed by atoms with Gasteiger partial charge < -0.3 is 0 Å². The lowest BCUT2D eigenvalue weighted by molar-refractivity contribution is 0.612. The zero-order chi connectivity index (χ0) is 5.28. The quantitative estimate of drug-likeness (QED) is 0.465. The van der Waals surface area contributed by atoms with Gasteiger partial charge in [-0.1, -0.05) is 0 Å². The molecule has 0 atom stereocenters. The van der Waals surface area contributed by atoms with Crippen LogP contribution in [0.25, 0.3) is 0 Å². The van der Waals surface area contributed by atoms with Crippen molar-refractivity contribution in [2.24, 2.45) is 0 Å². The Labute approximate surface area is 52.1 Å². The zero-order valence-electron chi connectivity index (χ0n) is 3.31. The van der Waals surface area contributed by atoms with Crippen molar-refractivity contribution < 1.29 is 0 Å². The summed E-state index contributed by atoms with van der Waals surface area (Å²) in [6.45, 7) is 2.50. The predicted octanol–water partition coefficient (Wildman–Crippen LogP) is 1.38. The summed E-state index contributed by atoms with van der Waals surface area (Å²) in [7, 11) is 0. The molecule has 7 heavy (non-hydrogen) atoms. The first kappa shape index (κ1) is 5.06. The van der Waals surface area contributed by atoms with Crippen molar-refractivity contribution in [2.45, 2.75) is 0 Å². The summed E-state index contributed by atoms with van der Waals surface area (Å²) in [5.41, 5.74) is 0. The predicted molar refractivity (Wildman–Crippen MR) is 27.8 cm³/mol. The molecule has 1 aliphatic heterocycles. The van der Waals surface area contributed by atoms with E-state index in [-0.39, 0.29) is 0 Å². The monoisotopic (exact) mass is 136 g/mol. The van der Waals surface area contributed by atoms with Crippen molar-refractivity contribution in [3.05, 3.63) is 19.1 Å². The first-order chi connectivity index (χ1) is 3.29. The highest BCUT2D eigenvalue weighted by molar-refractivity contribution is 6.17. The topological polar surface area (TPSA) is 6.48 Å². The maximum atomic E-state index is 5.32. The van der Waals surface area contributed by atoms with Crippen LogP contribution in [0, 0.1) is 6.67 Å². The fraction of sp³-hybridized carbons (Fsp3) is 0. The Bertz CT molecular complexity index is 82.9. The van der Waals surface area contributed by atoms with Gasteiger partial charge in [-0.05, 0) is 0 Å². The van der Waals surface area contributed by atoms with Gasteiger partial charge in [-0.2, -0.15) is 0 Å². The summed E-state index contributed by atoms with van der Waals surface area (Å²) in [5, 5.41) is 0. The average molecular weight is 137 g/mol. The Balaban J connectivity index is 2.42. The summed E-state index contributed by atoms with van der Waals surface area (Å²) in [6, 6.07) is 0. The van der Waals surface area contributed by atoms with E-state index >= 15 is 0 Å². The van der Waals surface area contributed by atoms with Crippen LogP contribution in [0.1, 0.15) is 0 Å². The van der Waals surface area contributed by atoms with Crippen LogP contribution in [0.4, 0.5) is 0 Å². The molecule has 1 heterocycles. The molecule has 0 fully saturated rings. The molecule has 0 saturated carbocycles. The summed E-state index contributed by atoms with van der Waals surface area (Å²) < 4.78 is 2.43. The summed E-state index contributed by atoms with van der Waals surface area (Å²) in [6.07, 6.45) is 3.16. The van der Waals surface area contributed by atoms with Crippen molar-refractivity contribution in [3.8, 4) is 0 Å². The maximum absolute atomic E-state index is 5.32. The Hall–Kier alpha value is -0.0800. The minimum absolute atomic E-state index is 1.22. The van der Waals surface area contributed by atoms with Gasteiger partial charge in [-0.15, -0.1) is 0 Å². The van der Waals surface area contributed by atoms with Crippen molar-refractivity contribution in [1.82, 2.24) is 8.84 Å². The highest BCUT2D eigenvalue weighted by Crippen LogP contribution is 2.14. The van der Waals surface area contributed by atoms with E-state index in [2.05, 4.69) is 6.67 Å². The van der Waals surface area contributed by atoms with Gasteiger partial charge in [0.05, 0.1) is 0 Å². The van der Waals surface area contributed by atoms with Crippen LogP contribution in [0.15, 0.2) is 12.4 Å². The van der Waals surface area contributed by atoms with E-state index in [1.807, 2.05) is 0 Å². The van der Waals surface area contributed by atoms with Gasteiger partial charge in [0.1, 0.15) is 0 Å². The molecule has 0 aromatic carbocycles. The lowest BCUT2D eigenvalue weighted by Gasteiger charge is -2.00. The van der Waals surface area contributed by atoms with E-state index in [9.17, 15) is 0 Å². The first-order valence-corrected chi connectivity index (χ1v) is 2.31. The highest BCUT2D eigenvalue weighted by Gasteiger charge is 2.08. The normalized spacial score (nSPS) is 19.1. The van der Waals surface area contributed by atoms with Gasteiger partial charge in [0.2, 0.25) is 6.67 Å². The minimum atomic E-state index is 1.22. The second kappa shape index (κ2) is 1.80.